The number of thioether (sulfide) groups is 1. The summed E-state index contributed by atoms with van der Waals surface area (Å²) in [6.45, 7) is 3.21. The molecule has 0 bridgehead atoms. The predicted octanol–water partition coefficient (Wildman–Crippen LogP) is 5.90. The van der Waals surface area contributed by atoms with Gasteiger partial charge in [0.1, 0.15) is 5.58 Å². The maximum Gasteiger partial charge on any atom is 0.134 e. The third-order valence-corrected chi connectivity index (χ3v) is 7.30. The zero-order valence-electron chi connectivity index (χ0n) is 16.2. The number of furan rings is 1. The van der Waals surface area contributed by atoms with E-state index in [1.54, 1.807) is 0 Å². The molecule has 2 heterocycles. The molecule has 0 saturated carbocycles. The van der Waals surface area contributed by atoms with Gasteiger partial charge >= 0.3 is 0 Å². The van der Waals surface area contributed by atoms with Crippen LogP contribution in [-0.2, 0) is 11.2 Å². The van der Waals surface area contributed by atoms with Gasteiger partial charge in [0.2, 0.25) is 0 Å². The Morgan fingerprint density at radius 1 is 1.11 bits per heavy atom. The van der Waals surface area contributed by atoms with E-state index in [1.165, 1.54) is 15.8 Å². The molecular weight excluding hydrogens is 390 g/mol. The molecule has 3 nitrogen and oxygen atoms in total. The molecule has 1 saturated heterocycles. The van der Waals surface area contributed by atoms with E-state index in [0.29, 0.717) is 0 Å². The van der Waals surface area contributed by atoms with E-state index in [9.17, 15) is 0 Å². The lowest BCUT2D eigenvalue weighted by Crippen LogP contribution is -2.47. The maximum absolute atomic E-state index is 5.99. The van der Waals surface area contributed by atoms with Gasteiger partial charge in [-0.2, -0.15) is 0 Å². The first-order valence-corrected chi connectivity index (χ1v) is 11.1. The van der Waals surface area contributed by atoms with E-state index >= 15 is 0 Å². The number of fused-ring (bicyclic) bond motifs is 1. The highest BCUT2D eigenvalue weighted by Gasteiger charge is 2.34. The maximum atomic E-state index is 5.99. The molecule has 0 aliphatic carbocycles. The standard InChI is InChI=1S/C23H26ClNO2S/c1-26-23(17-28-20-8-6-19(24)7-9-20)11-14-25(15-12-23)13-10-18-16-27-22-5-3-2-4-21(18)22/h2-9,16H,10-15,17H2,1H3. The summed E-state index contributed by atoms with van der Waals surface area (Å²) in [6, 6.07) is 16.3. The highest BCUT2D eigenvalue weighted by Crippen LogP contribution is 2.33. The zero-order chi connectivity index (χ0) is 19.4. The second-order valence-electron chi connectivity index (χ2n) is 7.48. The van der Waals surface area contributed by atoms with E-state index in [1.807, 2.05) is 49.4 Å². The Kier molecular flexibility index (Phi) is 6.32. The molecule has 1 aliphatic rings. The summed E-state index contributed by atoms with van der Waals surface area (Å²) in [5.74, 6) is 0.978. The first-order chi connectivity index (χ1) is 13.7. The second-order valence-corrected chi connectivity index (χ2v) is 8.96. The van der Waals surface area contributed by atoms with Gasteiger partial charge in [0.25, 0.3) is 0 Å². The van der Waals surface area contributed by atoms with Crippen molar-refractivity contribution in [1.29, 1.82) is 0 Å². The van der Waals surface area contributed by atoms with Crippen molar-refractivity contribution in [2.24, 2.45) is 0 Å². The van der Waals surface area contributed by atoms with Crippen molar-refractivity contribution >= 4 is 34.3 Å². The van der Waals surface area contributed by atoms with E-state index in [0.717, 1.165) is 55.3 Å². The Morgan fingerprint density at radius 3 is 2.61 bits per heavy atom. The van der Waals surface area contributed by atoms with Crippen molar-refractivity contribution in [1.82, 2.24) is 4.90 Å². The molecule has 0 unspecified atom stereocenters. The number of hydrogen-bond acceptors (Lipinski definition) is 4. The molecule has 0 amide bonds. The summed E-state index contributed by atoms with van der Waals surface area (Å²) in [6.07, 6.45) is 5.07. The molecule has 148 valence electrons. The number of piperidine rings is 1. The molecule has 0 N–H and O–H groups in total. The van der Waals surface area contributed by atoms with Gasteiger partial charge in [0, 0.05) is 47.8 Å². The highest BCUT2D eigenvalue weighted by molar-refractivity contribution is 7.99. The number of rotatable bonds is 7. The number of methoxy groups -OCH3 is 1. The Bertz CT molecular complexity index is 900. The molecule has 0 atom stereocenters. The lowest BCUT2D eigenvalue weighted by Gasteiger charge is -2.40. The SMILES string of the molecule is COC1(CSc2ccc(Cl)cc2)CCN(CCc2coc3ccccc23)CC1. The molecule has 1 aromatic heterocycles. The van der Waals surface area contributed by atoms with Crippen molar-refractivity contribution in [2.75, 3.05) is 32.5 Å². The van der Waals surface area contributed by atoms with Crippen LogP contribution in [0.15, 0.2) is 64.1 Å². The van der Waals surface area contributed by atoms with Crippen molar-refractivity contribution in [3.63, 3.8) is 0 Å². The van der Waals surface area contributed by atoms with Crippen LogP contribution in [0.1, 0.15) is 18.4 Å². The number of benzene rings is 2. The second kappa shape index (κ2) is 8.91. The van der Waals surface area contributed by atoms with Gasteiger partial charge in [-0.1, -0.05) is 29.8 Å². The van der Waals surface area contributed by atoms with E-state index < -0.39 is 0 Å². The summed E-state index contributed by atoms with van der Waals surface area (Å²) in [7, 11) is 1.86. The number of nitrogens with zero attached hydrogens (tertiary/aromatic N) is 1. The van der Waals surface area contributed by atoms with E-state index in [-0.39, 0.29) is 5.60 Å². The molecule has 5 heteroatoms. The van der Waals surface area contributed by atoms with Crippen LogP contribution in [0.5, 0.6) is 0 Å². The number of para-hydroxylation sites is 1. The largest absolute Gasteiger partial charge is 0.464 e. The first kappa shape index (κ1) is 19.8. The van der Waals surface area contributed by atoms with Gasteiger partial charge in [0.15, 0.2) is 0 Å². The molecular formula is C23H26ClNO2S. The van der Waals surface area contributed by atoms with Crippen LogP contribution in [0.25, 0.3) is 11.0 Å². The lowest BCUT2D eigenvalue weighted by molar-refractivity contribution is -0.0385. The fourth-order valence-electron chi connectivity index (χ4n) is 3.84. The Morgan fingerprint density at radius 2 is 1.86 bits per heavy atom. The van der Waals surface area contributed by atoms with Crippen LogP contribution in [-0.4, -0.2) is 43.0 Å². The predicted molar refractivity (Wildman–Crippen MR) is 118 cm³/mol. The van der Waals surface area contributed by atoms with Crippen molar-refractivity contribution in [3.8, 4) is 0 Å². The third-order valence-electron chi connectivity index (χ3n) is 5.77. The monoisotopic (exact) mass is 415 g/mol. The van der Waals surface area contributed by atoms with Gasteiger partial charge in [-0.3, -0.25) is 0 Å². The van der Waals surface area contributed by atoms with Crippen LogP contribution in [0.3, 0.4) is 0 Å². The van der Waals surface area contributed by atoms with Gasteiger partial charge in [-0.25, -0.2) is 0 Å². The average molecular weight is 416 g/mol. The Hall–Kier alpha value is -1.46. The quantitative estimate of drug-likeness (QED) is 0.448. The summed E-state index contributed by atoms with van der Waals surface area (Å²) in [4.78, 5) is 3.79. The smallest absolute Gasteiger partial charge is 0.134 e. The van der Waals surface area contributed by atoms with E-state index in [4.69, 9.17) is 20.8 Å². The number of ether oxygens (including phenoxy) is 1. The minimum atomic E-state index is -0.0386. The summed E-state index contributed by atoms with van der Waals surface area (Å²) in [5, 5.41) is 2.02. The first-order valence-electron chi connectivity index (χ1n) is 9.78. The molecule has 3 aromatic rings. The molecule has 1 aliphatic heterocycles. The normalized spacial score (nSPS) is 17.2. The van der Waals surface area contributed by atoms with Crippen LogP contribution in [0.2, 0.25) is 5.02 Å². The topological polar surface area (TPSA) is 25.6 Å². The third kappa shape index (κ3) is 4.57. The molecule has 1 fully saturated rings. The average Bonchev–Trinajstić information content (AvgIpc) is 3.16. The van der Waals surface area contributed by atoms with Gasteiger partial charge in [-0.15, -0.1) is 11.8 Å². The number of halogens is 1. The molecule has 28 heavy (non-hydrogen) atoms. The molecule has 0 spiro atoms. The molecule has 2 aromatic carbocycles. The van der Waals surface area contributed by atoms with E-state index in [2.05, 4.69) is 29.2 Å². The van der Waals surface area contributed by atoms with Crippen LogP contribution in [0.4, 0.5) is 0 Å². The van der Waals surface area contributed by atoms with Crippen LogP contribution in [0, 0.1) is 0 Å². The van der Waals surface area contributed by atoms with Crippen molar-refractivity contribution in [2.45, 2.75) is 29.8 Å². The fourth-order valence-corrected chi connectivity index (χ4v) is 5.13. The minimum absolute atomic E-state index is 0.0386. The summed E-state index contributed by atoms with van der Waals surface area (Å²) >= 11 is 7.84. The fraction of sp³-hybridized carbons (Fsp3) is 0.391. The van der Waals surface area contributed by atoms with Crippen LogP contribution >= 0.6 is 23.4 Å². The zero-order valence-corrected chi connectivity index (χ0v) is 17.8. The molecule has 0 radical (unpaired) electrons. The van der Waals surface area contributed by atoms with Gasteiger partial charge < -0.3 is 14.1 Å². The summed E-state index contributed by atoms with van der Waals surface area (Å²) < 4.78 is 11.7. The number of hydrogen-bond donors (Lipinski definition) is 0. The lowest BCUT2D eigenvalue weighted by atomic mass is 9.93. The highest BCUT2D eigenvalue weighted by atomic mass is 35.5. The molecule has 4 rings (SSSR count). The Balaban J connectivity index is 1.29. The van der Waals surface area contributed by atoms with Crippen molar-refractivity contribution in [3.05, 3.63) is 65.4 Å². The van der Waals surface area contributed by atoms with Gasteiger partial charge in [-0.05, 0) is 55.2 Å². The van der Waals surface area contributed by atoms with Crippen molar-refractivity contribution < 1.29 is 9.15 Å². The Labute approximate surface area is 176 Å². The van der Waals surface area contributed by atoms with Gasteiger partial charge in [0.05, 0.1) is 11.9 Å². The van der Waals surface area contributed by atoms with Crippen LogP contribution < -0.4 is 0 Å². The minimum Gasteiger partial charge on any atom is -0.464 e. The number of likely N-dealkylation sites (tertiary alicyclic amines) is 1. The summed E-state index contributed by atoms with van der Waals surface area (Å²) in [5.41, 5.74) is 2.25.